The van der Waals surface area contributed by atoms with Gasteiger partial charge in [0.05, 0.1) is 13.1 Å². The summed E-state index contributed by atoms with van der Waals surface area (Å²) in [6, 6.07) is 15.6. The Hall–Kier alpha value is -3.29. The lowest BCUT2D eigenvalue weighted by atomic mass is 10.0. The van der Waals surface area contributed by atoms with Crippen molar-refractivity contribution < 1.29 is 22.7 Å². The number of benzene rings is 2. The molecule has 1 N–H and O–H groups in total. The molecule has 0 bridgehead atoms. The number of ether oxygens (including phenoxy) is 1. The molecule has 0 radical (unpaired) electrons. The van der Waals surface area contributed by atoms with Crippen molar-refractivity contribution in [1.29, 1.82) is 0 Å². The number of rotatable bonds is 4. The molecular weight excluding hydrogens is 383 g/mol. The maximum atomic E-state index is 13.0. The molecule has 29 heavy (non-hydrogen) atoms. The van der Waals surface area contributed by atoms with Gasteiger partial charge in [-0.3, -0.25) is 0 Å². The van der Waals surface area contributed by atoms with Crippen LogP contribution in [-0.2, 0) is 12.7 Å². The van der Waals surface area contributed by atoms with E-state index in [0.717, 1.165) is 22.4 Å². The molecule has 2 aromatic carbocycles. The van der Waals surface area contributed by atoms with Gasteiger partial charge < -0.3 is 15.0 Å². The van der Waals surface area contributed by atoms with Crippen LogP contribution in [0.5, 0.6) is 5.88 Å². The molecular formula is C21H18F3N3O2. The molecule has 1 aromatic heterocycles. The minimum absolute atomic E-state index is 0.204. The summed E-state index contributed by atoms with van der Waals surface area (Å²) in [5, 5.41) is 5.00. The zero-order chi connectivity index (χ0) is 20.4. The Morgan fingerprint density at radius 1 is 1.10 bits per heavy atom. The third kappa shape index (κ3) is 4.11. The van der Waals surface area contributed by atoms with Crippen molar-refractivity contribution in [1.82, 2.24) is 15.2 Å². The number of amides is 2. The van der Waals surface area contributed by atoms with Crippen molar-refractivity contribution in [3.63, 3.8) is 0 Å². The number of carbonyl (C=O) groups is 1. The molecule has 8 heteroatoms. The summed E-state index contributed by atoms with van der Waals surface area (Å²) in [5.41, 5.74) is 0.0759. The van der Waals surface area contributed by atoms with Crippen LogP contribution >= 0.6 is 0 Å². The number of fused-ring (bicyclic) bond motifs is 1. The molecule has 1 saturated heterocycles. The van der Waals surface area contributed by atoms with Gasteiger partial charge in [-0.15, -0.1) is 0 Å². The van der Waals surface area contributed by atoms with E-state index in [9.17, 15) is 18.0 Å². The van der Waals surface area contributed by atoms with E-state index >= 15 is 0 Å². The Bertz CT molecular complexity index is 1030. The minimum atomic E-state index is -4.54. The van der Waals surface area contributed by atoms with Gasteiger partial charge in [-0.1, -0.05) is 42.5 Å². The highest BCUT2D eigenvalue weighted by molar-refractivity contribution is 5.86. The summed E-state index contributed by atoms with van der Waals surface area (Å²) >= 11 is 0. The van der Waals surface area contributed by atoms with Gasteiger partial charge in [0.25, 0.3) is 0 Å². The molecule has 2 amide bonds. The third-order valence-corrected chi connectivity index (χ3v) is 4.80. The first-order chi connectivity index (χ1) is 13.9. The van der Waals surface area contributed by atoms with E-state index in [1.807, 2.05) is 42.5 Å². The van der Waals surface area contributed by atoms with Gasteiger partial charge in [0.15, 0.2) is 0 Å². The summed E-state index contributed by atoms with van der Waals surface area (Å²) in [7, 11) is 0. The molecule has 0 atom stereocenters. The molecule has 0 aliphatic carbocycles. The first kappa shape index (κ1) is 19.0. The normalized spacial score (nSPS) is 14.5. The number of aromatic nitrogens is 1. The van der Waals surface area contributed by atoms with E-state index in [4.69, 9.17) is 4.74 Å². The molecule has 150 valence electrons. The van der Waals surface area contributed by atoms with E-state index in [-0.39, 0.29) is 19.1 Å². The quantitative estimate of drug-likeness (QED) is 0.712. The highest BCUT2D eigenvalue weighted by atomic mass is 19.4. The van der Waals surface area contributed by atoms with Crippen molar-refractivity contribution in [2.45, 2.75) is 18.8 Å². The number of pyridine rings is 1. The second-order valence-corrected chi connectivity index (χ2v) is 6.80. The van der Waals surface area contributed by atoms with Gasteiger partial charge in [-0.2, -0.15) is 13.2 Å². The van der Waals surface area contributed by atoms with Crippen LogP contribution in [0.15, 0.2) is 60.8 Å². The van der Waals surface area contributed by atoms with Gasteiger partial charge in [0.2, 0.25) is 5.88 Å². The molecule has 5 nitrogen and oxygen atoms in total. The zero-order valence-electron chi connectivity index (χ0n) is 15.3. The lowest BCUT2D eigenvalue weighted by Crippen LogP contribution is -2.58. The second kappa shape index (κ2) is 7.62. The number of hydrogen-bond donors (Lipinski definition) is 1. The fourth-order valence-electron chi connectivity index (χ4n) is 3.27. The maximum absolute atomic E-state index is 13.0. The van der Waals surface area contributed by atoms with Gasteiger partial charge in [0.1, 0.15) is 11.7 Å². The minimum Gasteiger partial charge on any atom is -0.470 e. The standard InChI is InChI=1S/C21H18F3N3O2/c22-21(23,24)18-9-4-10-25-19(18)29-16-12-27(13-16)20(28)26-11-15-7-3-6-14-5-1-2-8-17(14)15/h1-10,16H,11-13H2,(H,26,28). The summed E-state index contributed by atoms with van der Waals surface area (Å²) in [6.45, 7) is 0.769. The Morgan fingerprint density at radius 3 is 2.66 bits per heavy atom. The molecule has 1 aliphatic rings. The van der Waals surface area contributed by atoms with Crippen LogP contribution in [0.2, 0.25) is 0 Å². The highest BCUT2D eigenvalue weighted by Crippen LogP contribution is 2.35. The van der Waals surface area contributed by atoms with Crippen LogP contribution in [0.4, 0.5) is 18.0 Å². The lowest BCUT2D eigenvalue weighted by Gasteiger charge is -2.38. The Morgan fingerprint density at radius 2 is 1.86 bits per heavy atom. The smallest absolute Gasteiger partial charge is 0.421 e. The van der Waals surface area contributed by atoms with Gasteiger partial charge in [0, 0.05) is 12.7 Å². The van der Waals surface area contributed by atoms with Crippen molar-refractivity contribution >= 4 is 16.8 Å². The van der Waals surface area contributed by atoms with Crippen LogP contribution in [-0.4, -0.2) is 35.1 Å². The molecule has 3 aromatic rings. The van der Waals surface area contributed by atoms with E-state index in [0.29, 0.717) is 6.54 Å². The first-order valence-corrected chi connectivity index (χ1v) is 9.10. The van der Waals surface area contributed by atoms with Crippen LogP contribution < -0.4 is 10.1 Å². The second-order valence-electron chi connectivity index (χ2n) is 6.80. The Balaban J connectivity index is 1.32. The van der Waals surface area contributed by atoms with Crippen LogP contribution in [0.1, 0.15) is 11.1 Å². The molecule has 0 unspecified atom stereocenters. The summed E-state index contributed by atoms with van der Waals surface area (Å²) in [4.78, 5) is 17.5. The number of alkyl halides is 3. The van der Waals surface area contributed by atoms with E-state index in [2.05, 4.69) is 10.3 Å². The van der Waals surface area contributed by atoms with E-state index in [1.54, 1.807) is 0 Å². The SMILES string of the molecule is O=C(NCc1cccc2ccccc12)N1CC(Oc2ncccc2C(F)(F)F)C1. The molecule has 4 rings (SSSR count). The number of hydrogen-bond acceptors (Lipinski definition) is 3. The molecule has 2 heterocycles. The van der Waals surface area contributed by atoms with Crippen LogP contribution in [0, 0.1) is 0 Å². The number of carbonyl (C=O) groups excluding carboxylic acids is 1. The summed E-state index contributed by atoms with van der Waals surface area (Å²) in [6.07, 6.45) is -3.81. The highest BCUT2D eigenvalue weighted by Gasteiger charge is 2.38. The number of urea groups is 1. The molecule has 1 aliphatic heterocycles. The van der Waals surface area contributed by atoms with Crippen molar-refractivity contribution in [2.24, 2.45) is 0 Å². The average molecular weight is 401 g/mol. The third-order valence-electron chi connectivity index (χ3n) is 4.80. The first-order valence-electron chi connectivity index (χ1n) is 9.10. The average Bonchev–Trinajstić information content (AvgIpc) is 2.68. The van der Waals surface area contributed by atoms with Crippen LogP contribution in [0.3, 0.4) is 0 Å². The molecule has 0 saturated carbocycles. The molecule has 1 fully saturated rings. The number of likely N-dealkylation sites (tertiary alicyclic amines) is 1. The van der Waals surface area contributed by atoms with Crippen molar-refractivity contribution in [3.8, 4) is 5.88 Å². The van der Waals surface area contributed by atoms with E-state index < -0.39 is 23.7 Å². The van der Waals surface area contributed by atoms with Gasteiger partial charge in [-0.25, -0.2) is 9.78 Å². The lowest BCUT2D eigenvalue weighted by molar-refractivity contribution is -0.140. The van der Waals surface area contributed by atoms with Crippen molar-refractivity contribution in [3.05, 3.63) is 71.9 Å². The predicted molar refractivity (Wildman–Crippen MR) is 101 cm³/mol. The molecule has 0 spiro atoms. The number of halogens is 3. The largest absolute Gasteiger partial charge is 0.470 e. The summed E-state index contributed by atoms with van der Waals surface area (Å²) < 4.78 is 44.4. The van der Waals surface area contributed by atoms with Gasteiger partial charge in [-0.05, 0) is 28.5 Å². The summed E-state index contributed by atoms with van der Waals surface area (Å²) in [5.74, 6) is -0.458. The Kier molecular flexibility index (Phi) is 5.00. The van der Waals surface area contributed by atoms with Crippen molar-refractivity contribution in [2.75, 3.05) is 13.1 Å². The fraction of sp³-hybridized carbons (Fsp3) is 0.238. The van der Waals surface area contributed by atoms with Crippen LogP contribution in [0.25, 0.3) is 10.8 Å². The zero-order valence-corrected chi connectivity index (χ0v) is 15.3. The fourth-order valence-corrected chi connectivity index (χ4v) is 3.27. The van der Waals surface area contributed by atoms with Gasteiger partial charge >= 0.3 is 12.2 Å². The monoisotopic (exact) mass is 401 g/mol. The number of nitrogens with one attached hydrogen (secondary N) is 1. The maximum Gasteiger partial charge on any atom is 0.421 e. The van der Waals surface area contributed by atoms with E-state index in [1.165, 1.54) is 17.2 Å². The topological polar surface area (TPSA) is 54.5 Å². The Labute approximate surface area is 165 Å². The predicted octanol–water partition coefficient (Wildman–Crippen LogP) is 4.23. The number of nitrogens with zero attached hydrogens (tertiary/aromatic N) is 2.